The van der Waals surface area contributed by atoms with Crippen LogP contribution < -0.4 is 4.72 Å². The Balaban J connectivity index is 2.82. The number of rotatable bonds is 8. The number of sulfonamides is 1. The average molecular weight is 315 g/mol. The Kier molecular flexibility index (Phi) is 6.80. The van der Waals surface area contributed by atoms with Crippen LogP contribution in [-0.4, -0.2) is 41.3 Å². The first kappa shape index (κ1) is 17.6. The fraction of sp³-hybridized carbons (Fsp3) is 0.500. The van der Waals surface area contributed by atoms with Crippen molar-refractivity contribution in [1.29, 1.82) is 0 Å². The molecule has 0 aliphatic heterocycles. The van der Waals surface area contributed by atoms with E-state index in [1.807, 2.05) is 6.92 Å². The van der Waals surface area contributed by atoms with E-state index in [9.17, 15) is 13.2 Å². The first-order chi connectivity index (χ1) is 9.92. The molecular formula is C14H21NO5S. The maximum absolute atomic E-state index is 12.2. The molecule has 0 saturated carbocycles. The molecule has 6 nitrogen and oxygen atoms in total. The highest BCUT2D eigenvalue weighted by Crippen LogP contribution is 2.12. The van der Waals surface area contributed by atoms with E-state index in [1.165, 1.54) is 26.4 Å². The van der Waals surface area contributed by atoms with Crippen LogP contribution in [-0.2, 0) is 30.7 Å². The molecule has 0 aliphatic rings. The normalized spacial score (nSPS) is 12.9. The molecule has 0 heterocycles. The minimum Gasteiger partial charge on any atom is -0.469 e. The first-order valence-corrected chi connectivity index (χ1v) is 8.08. The lowest BCUT2D eigenvalue weighted by Gasteiger charge is -2.16. The van der Waals surface area contributed by atoms with Crippen LogP contribution in [0.2, 0.25) is 0 Å². The summed E-state index contributed by atoms with van der Waals surface area (Å²) < 4.78 is 36.5. The highest BCUT2D eigenvalue weighted by molar-refractivity contribution is 7.89. The van der Waals surface area contributed by atoms with Gasteiger partial charge in [-0.3, -0.25) is 4.79 Å². The van der Waals surface area contributed by atoms with Gasteiger partial charge in [0.15, 0.2) is 0 Å². The Morgan fingerprint density at radius 2 is 1.86 bits per heavy atom. The maximum atomic E-state index is 12.2. The van der Waals surface area contributed by atoms with Gasteiger partial charge in [0.1, 0.15) is 0 Å². The largest absolute Gasteiger partial charge is 0.469 e. The van der Waals surface area contributed by atoms with Gasteiger partial charge in [-0.15, -0.1) is 0 Å². The summed E-state index contributed by atoms with van der Waals surface area (Å²) in [5.41, 5.74) is 0.699. The van der Waals surface area contributed by atoms with E-state index in [2.05, 4.69) is 9.46 Å². The van der Waals surface area contributed by atoms with Crippen LogP contribution in [0.15, 0.2) is 29.2 Å². The van der Waals surface area contributed by atoms with E-state index in [1.54, 1.807) is 12.1 Å². The van der Waals surface area contributed by atoms with Gasteiger partial charge in [-0.05, 0) is 24.1 Å². The molecule has 0 saturated heterocycles. The van der Waals surface area contributed by atoms with Gasteiger partial charge in [0, 0.05) is 13.2 Å². The highest BCUT2D eigenvalue weighted by Gasteiger charge is 2.19. The third kappa shape index (κ3) is 5.45. The molecule has 0 radical (unpaired) electrons. The zero-order valence-corrected chi connectivity index (χ0v) is 13.3. The summed E-state index contributed by atoms with van der Waals surface area (Å²) in [7, 11) is -0.753. The Morgan fingerprint density at radius 1 is 1.24 bits per heavy atom. The Labute approximate surface area is 125 Å². The van der Waals surface area contributed by atoms with Crippen LogP contribution >= 0.6 is 0 Å². The van der Waals surface area contributed by atoms with Crippen LogP contribution in [0.1, 0.15) is 18.9 Å². The number of nitrogens with one attached hydrogen (secondary N) is 1. The lowest BCUT2D eigenvalue weighted by atomic mass is 10.2. The van der Waals surface area contributed by atoms with Gasteiger partial charge in [0.05, 0.1) is 25.0 Å². The van der Waals surface area contributed by atoms with Crippen molar-refractivity contribution >= 4 is 16.0 Å². The van der Waals surface area contributed by atoms with Gasteiger partial charge >= 0.3 is 5.97 Å². The molecule has 0 spiro atoms. The molecule has 0 amide bonds. The van der Waals surface area contributed by atoms with Crippen LogP contribution in [0.5, 0.6) is 0 Å². The summed E-state index contributed by atoms with van der Waals surface area (Å²) in [4.78, 5) is 11.3. The molecular weight excluding hydrogens is 294 g/mol. The number of carbonyl (C=O) groups excluding carboxylic acids is 1. The van der Waals surface area contributed by atoms with E-state index in [-0.39, 0.29) is 23.3 Å². The van der Waals surface area contributed by atoms with E-state index in [0.717, 1.165) is 0 Å². The summed E-state index contributed by atoms with van der Waals surface area (Å²) in [6, 6.07) is 5.88. The van der Waals surface area contributed by atoms with E-state index in [0.29, 0.717) is 18.6 Å². The SMILES string of the molecule is CCC(COC)NS(=O)(=O)c1ccc(CC(=O)OC)cc1. The summed E-state index contributed by atoms with van der Waals surface area (Å²) in [5, 5.41) is 0. The van der Waals surface area contributed by atoms with Gasteiger partial charge in [-0.2, -0.15) is 0 Å². The average Bonchev–Trinajstić information content (AvgIpc) is 2.47. The fourth-order valence-corrected chi connectivity index (χ4v) is 3.05. The number of benzene rings is 1. The van der Waals surface area contributed by atoms with Crippen molar-refractivity contribution in [2.45, 2.75) is 30.7 Å². The second-order valence-electron chi connectivity index (χ2n) is 4.58. The number of methoxy groups -OCH3 is 2. The zero-order valence-electron chi connectivity index (χ0n) is 12.5. The molecule has 1 rings (SSSR count). The minimum absolute atomic E-state index is 0.117. The predicted molar refractivity (Wildman–Crippen MR) is 78.4 cm³/mol. The lowest BCUT2D eigenvalue weighted by molar-refractivity contribution is -0.139. The molecule has 21 heavy (non-hydrogen) atoms. The molecule has 0 aliphatic carbocycles. The predicted octanol–water partition coefficient (Wildman–Crippen LogP) is 1.11. The van der Waals surface area contributed by atoms with Gasteiger partial charge in [-0.25, -0.2) is 13.1 Å². The number of ether oxygens (including phenoxy) is 2. The van der Waals surface area contributed by atoms with Crippen molar-refractivity contribution in [3.63, 3.8) is 0 Å². The zero-order chi connectivity index (χ0) is 15.9. The summed E-state index contributed by atoms with van der Waals surface area (Å²) in [6.45, 7) is 2.20. The molecule has 0 bridgehead atoms. The summed E-state index contributed by atoms with van der Waals surface area (Å²) >= 11 is 0. The van der Waals surface area contributed by atoms with Crippen molar-refractivity contribution in [3.8, 4) is 0 Å². The minimum atomic E-state index is -3.59. The maximum Gasteiger partial charge on any atom is 0.309 e. The number of carbonyl (C=O) groups is 1. The quantitative estimate of drug-likeness (QED) is 0.727. The third-order valence-electron chi connectivity index (χ3n) is 2.99. The second-order valence-corrected chi connectivity index (χ2v) is 6.29. The van der Waals surface area contributed by atoms with Crippen LogP contribution in [0.25, 0.3) is 0 Å². The Bertz CT molecular complexity index is 553. The third-order valence-corrected chi connectivity index (χ3v) is 4.53. The van der Waals surface area contributed by atoms with Crippen molar-refractivity contribution in [2.75, 3.05) is 20.8 Å². The molecule has 1 atom stereocenters. The Hall–Kier alpha value is -1.44. The van der Waals surface area contributed by atoms with Crippen LogP contribution in [0.4, 0.5) is 0 Å². The van der Waals surface area contributed by atoms with Crippen molar-refractivity contribution < 1.29 is 22.7 Å². The Morgan fingerprint density at radius 3 is 2.33 bits per heavy atom. The van der Waals surface area contributed by atoms with Crippen LogP contribution in [0.3, 0.4) is 0 Å². The number of esters is 1. The van der Waals surface area contributed by atoms with Gasteiger partial charge in [0.2, 0.25) is 10.0 Å². The highest BCUT2D eigenvalue weighted by atomic mass is 32.2. The standard InChI is InChI=1S/C14H21NO5S/c1-4-12(10-19-2)15-21(17,18)13-7-5-11(6-8-13)9-14(16)20-3/h5-8,12,15H,4,9-10H2,1-3H3. The van der Waals surface area contributed by atoms with Crippen molar-refractivity contribution in [2.24, 2.45) is 0 Å². The van der Waals surface area contributed by atoms with Crippen LogP contribution in [0, 0.1) is 0 Å². The molecule has 1 unspecified atom stereocenters. The first-order valence-electron chi connectivity index (χ1n) is 6.60. The van der Waals surface area contributed by atoms with E-state index < -0.39 is 10.0 Å². The monoisotopic (exact) mass is 315 g/mol. The molecule has 0 aromatic heterocycles. The lowest BCUT2D eigenvalue weighted by Crippen LogP contribution is -2.37. The fourth-order valence-electron chi connectivity index (χ4n) is 1.75. The van der Waals surface area contributed by atoms with Crippen molar-refractivity contribution in [3.05, 3.63) is 29.8 Å². The number of hydrogen-bond acceptors (Lipinski definition) is 5. The summed E-state index contributed by atoms with van der Waals surface area (Å²) in [5.74, 6) is -0.366. The van der Waals surface area contributed by atoms with Gasteiger partial charge in [0.25, 0.3) is 0 Å². The molecule has 1 N–H and O–H groups in total. The molecule has 1 aromatic carbocycles. The molecule has 1 aromatic rings. The van der Waals surface area contributed by atoms with Crippen molar-refractivity contribution in [1.82, 2.24) is 4.72 Å². The topological polar surface area (TPSA) is 81.7 Å². The smallest absolute Gasteiger partial charge is 0.309 e. The molecule has 0 fully saturated rings. The second kappa shape index (κ2) is 8.11. The molecule has 118 valence electrons. The van der Waals surface area contributed by atoms with E-state index >= 15 is 0 Å². The van der Waals surface area contributed by atoms with Gasteiger partial charge < -0.3 is 9.47 Å². The van der Waals surface area contributed by atoms with E-state index in [4.69, 9.17) is 4.74 Å². The summed E-state index contributed by atoms with van der Waals surface area (Å²) in [6.07, 6.45) is 0.749. The number of hydrogen-bond donors (Lipinski definition) is 1. The van der Waals surface area contributed by atoms with Gasteiger partial charge in [-0.1, -0.05) is 19.1 Å². The molecule has 7 heteroatoms.